The van der Waals surface area contributed by atoms with Gasteiger partial charge in [0, 0.05) is 23.3 Å². The van der Waals surface area contributed by atoms with Crippen LogP contribution in [0.4, 0.5) is 4.39 Å². The summed E-state index contributed by atoms with van der Waals surface area (Å²) >= 11 is 1.57. The van der Waals surface area contributed by atoms with Gasteiger partial charge in [0.1, 0.15) is 5.82 Å². The van der Waals surface area contributed by atoms with Gasteiger partial charge in [-0.1, -0.05) is 0 Å². The van der Waals surface area contributed by atoms with E-state index in [0.29, 0.717) is 6.42 Å². The van der Waals surface area contributed by atoms with Crippen LogP contribution >= 0.6 is 11.8 Å². The highest BCUT2D eigenvalue weighted by atomic mass is 32.2. The van der Waals surface area contributed by atoms with Gasteiger partial charge in [-0.05, 0) is 30.7 Å². The van der Waals surface area contributed by atoms with E-state index in [-0.39, 0.29) is 18.5 Å². The summed E-state index contributed by atoms with van der Waals surface area (Å²) < 4.78 is 12.5. The molecular weight excluding hydrogens is 201 g/mol. The van der Waals surface area contributed by atoms with E-state index >= 15 is 0 Å². The van der Waals surface area contributed by atoms with Crippen molar-refractivity contribution >= 4 is 11.8 Å². The molecule has 0 spiro atoms. The summed E-state index contributed by atoms with van der Waals surface area (Å²) in [5.41, 5.74) is 5.71. The van der Waals surface area contributed by atoms with Crippen LogP contribution in [0.15, 0.2) is 29.2 Å². The first kappa shape index (κ1) is 11.5. The van der Waals surface area contributed by atoms with Gasteiger partial charge in [-0.15, -0.1) is 11.8 Å². The number of halogens is 1. The van der Waals surface area contributed by atoms with Crippen LogP contribution < -0.4 is 5.73 Å². The van der Waals surface area contributed by atoms with Gasteiger partial charge < -0.3 is 10.8 Å². The molecule has 0 amide bonds. The Morgan fingerprint density at radius 2 is 2.00 bits per heavy atom. The molecule has 1 aromatic rings. The van der Waals surface area contributed by atoms with Crippen LogP contribution in [0.25, 0.3) is 0 Å². The second-order valence-electron chi connectivity index (χ2n) is 3.04. The second-order valence-corrected chi connectivity index (χ2v) is 4.13. The molecule has 14 heavy (non-hydrogen) atoms. The molecule has 0 fully saturated rings. The monoisotopic (exact) mass is 215 g/mol. The quantitative estimate of drug-likeness (QED) is 0.734. The molecule has 0 aliphatic heterocycles. The van der Waals surface area contributed by atoms with E-state index in [4.69, 9.17) is 10.8 Å². The van der Waals surface area contributed by atoms with Gasteiger partial charge in [-0.3, -0.25) is 0 Å². The van der Waals surface area contributed by atoms with Crippen molar-refractivity contribution in [1.82, 2.24) is 0 Å². The number of aliphatic hydroxyl groups excluding tert-OH is 1. The molecule has 0 aliphatic carbocycles. The van der Waals surface area contributed by atoms with Crippen LogP contribution in [0.5, 0.6) is 0 Å². The van der Waals surface area contributed by atoms with Crippen molar-refractivity contribution in [2.24, 2.45) is 5.73 Å². The largest absolute Gasteiger partial charge is 0.396 e. The van der Waals surface area contributed by atoms with E-state index in [0.717, 1.165) is 10.6 Å². The minimum absolute atomic E-state index is 0.00458. The van der Waals surface area contributed by atoms with Gasteiger partial charge in [0.15, 0.2) is 0 Å². The smallest absolute Gasteiger partial charge is 0.123 e. The molecule has 0 bridgehead atoms. The van der Waals surface area contributed by atoms with Crippen LogP contribution in [-0.4, -0.2) is 23.5 Å². The standard InChI is InChI=1S/C10H14FNOS/c11-8-1-3-10(4-2-8)14-7-9(12)5-6-13/h1-4,9,13H,5-7,12H2. The summed E-state index contributed by atoms with van der Waals surface area (Å²) in [4.78, 5) is 1.000. The highest BCUT2D eigenvalue weighted by Crippen LogP contribution is 2.18. The number of hydrogen-bond donors (Lipinski definition) is 2. The molecule has 78 valence electrons. The number of rotatable bonds is 5. The molecule has 2 nitrogen and oxygen atoms in total. The average molecular weight is 215 g/mol. The SMILES string of the molecule is NC(CCO)CSc1ccc(F)cc1. The van der Waals surface area contributed by atoms with Gasteiger partial charge in [0.25, 0.3) is 0 Å². The molecule has 1 unspecified atom stereocenters. The van der Waals surface area contributed by atoms with Crippen LogP contribution in [0.3, 0.4) is 0 Å². The lowest BCUT2D eigenvalue weighted by molar-refractivity contribution is 0.279. The summed E-state index contributed by atoms with van der Waals surface area (Å²) in [5, 5.41) is 8.63. The van der Waals surface area contributed by atoms with E-state index < -0.39 is 0 Å². The van der Waals surface area contributed by atoms with Gasteiger partial charge in [-0.25, -0.2) is 4.39 Å². The number of hydrogen-bond acceptors (Lipinski definition) is 3. The summed E-state index contributed by atoms with van der Waals surface area (Å²) in [7, 11) is 0. The summed E-state index contributed by atoms with van der Waals surface area (Å²) in [6.07, 6.45) is 0.605. The fourth-order valence-corrected chi connectivity index (χ4v) is 1.88. The fraction of sp³-hybridized carbons (Fsp3) is 0.400. The topological polar surface area (TPSA) is 46.2 Å². The van der Waals surface area contributed by atoms with Crippen molar-refractivity contribution < 1.29 is 9.50 Å². The van der Waals surface area contributed by atoms with Crippen molar-refractivity contribution in [2.75, 3.05) is 12.4 Å². The third kappa shape index (κ3) is 4.09. The predicted molar refractivity (Wildman–Crippen MR) is 56.8 cm³/mol. The molecule has 1 rings (SSSR count). The molecule has 0 aromatic heterocycles. The Morgan fingerprint density at radius 3 is 2.57 bits per heavy atom. The third-order valence-corrected chi connectivity index (χ3v) is 2.98. The van der Waals surface area contributed by atoms with E-state index in [1.165, 1.54) is 12.1 Å². The highest BCUT2D eigenvalue weighted by molar-refractivity contribution is 7.99. The Morgan fingerprint density at radius 1 is 1.36 bits per heavy atom. The van der Waals surface area contributed by atoms with E-state index in [9.17, 15) is 4.39 Å². The second kappa shape index (κ2) is 6.01. The number of nitrogens with two attached hydrogens (primary N) is 1. The van der Waals surface area contributed by atoms with Crippen molar-refractivity contribution in [3.05, 3.63) is 30.1 Å². The van der Waals surface area contributed by atoms with Gasteiger partial charge in [-0.2, -0.15) is 0 Å². The zero-order chi connectivity index (χ0) is 10.4. The average Bonchev–Trinajstić information content (AvgIpc) is 2.17. The Balaban J connectivity index is 2.34. The molecule has 0 radical (unpaired) electrons. The highest BCUT2D eigenvalue weighted by Gasteiger charge is 2.02. The summed E-state index contributed by atoms with van der Waals surface area (Å²) in [6, 6.07) is 6.31. The third-order valence-electron chi connectivity index (χ3n) is 1.78. The van der Waals surface area contributed by atoms with Crippen LogP contribution in [0.2, 0.25) is 0 Å². The maximum atomic E-state index is 12.5. The van der Waals surface area contributed by atoms with Gasteiger partial charge in [0.05, 0.1) is 0 Å². The maximum absolute atomic E-state index is 12.5. The van der Waals surface area contributed by atoms with E-state index in [2.05, 4.69) is 0 Å². The first-order valence-corrected chi connectivity index (χ1v) is 5.45. The summed E-state index contributed by atoms with van der Waals surface area (Å²) in [6.45, 7) is 0.116. The van der Waals surface area contributed by atoms with Crippen molar-refractivity contribution in [3.63, 3.8) is 0 Å². The molecule has 1 aromatic carbocycles. The minimum Gasteiger partial charge on any atom is -0.396 e. The molecule has 4 heteroatoms. The Hall–Kier alpha value is -0.580. The number of aliphatic hydroxyl groups is 1. The van der Waals surface area contributed by atoms with Crippen molar-refractivity contribution in [1.29, 1.82) is 0 Å². The lowest BCUT2D eigenvalue weighted by Gasteiger charge is -2.08. The predicted octanol–water partition coefficient (Wildman–Crippen LogP) is 1.63. The normalized spacial score (nSPS) is 12.8. The van der Waals surface area contributed by atoms with Gasteiger partial charge in [0.2, 0.25) is 0 Å². The Kier molecular flexibility index (Phi) is 4.93. The number of thioether (sulfide) groups is 1. The van der Waals surface area contributed by atoms with E-state index in [1.807, 2.05) is 0 Å². The first-order chi connectivity index (χ1) is 6.72. The zero-order valence-electron chi connectivity index (χ0n) is 7.82. The molecule has 0 heterocycles. The maximum Gasteiger partial charge on any atom is 0.123 e. The molecule has 0 saturated carbocycles. The minimum atomic E-state index is -0.228. The Bertz CT molecular complexity index is 265. The Labute approximate surface area is 87.3 Å². The number of benzene rings is 1. The van der Waals surface area contributed by atoms with Crippen molar-refractivity contribution in [2.45, 2.75) is 17.4 Å². The lowest BCUT2D eigenvalue weighted by atomic mass is 10.3. The zero-order valence-corrected chi connectivity index (χ0v) is 8.64. The summed E-state index contributed by atoms with van der Waals surface area (Å²) in [5.74, 6) is 0.514. The molecular formula is C10H14FNOS. The van der Waals surface area contributed by atoms with Gasteiger partial charge >= 0.3 is 0 Å². The van der Waals surface area contributed by atoms with E-state index in [1.54, 1.807) is 23.9 Å². The molecule has 3 N–H and O–H groups in total. The van der Waals surface area contributed by atoms with Crippen molar-refractivity contribution in [3.8, 4) is 0 Å². The molecule has 1 atom stereocenters. The lowest BCUT2D eigenvalue weighted by Crippen LogP contribution is -2.23. The fourth-order valence-electron chi connectivity index (χ4n) is 0.983. The molecule has 0 aliphatic rings. The molecule has 0 saturated heterocycles. The van der Waals surface area contributed by atoms with Crippen LogP contribution in [0.1, 0.15) is 6.42 Å². The first-order valence-electron chi connectivity index (χ1n) is 4.47. The van der Waals surface area contributed by atoms with Crippen LogP contribution in [-0.2, 0) is 0 Å². The van der Waals surface area contributed by atoms with Crippen LogP contribution in [0, 0.1) is 5.82 Å².